The van der Waals surface area contributed by atoms with Crippen molar-refractivity contribution in [3.05, 3.63) is 41.6 Å². The van der Waals surface area contributed by atoms with Crippen LogP contribution in [0.5, 0.6) is 0 Å². The van der Waals surface area contributed by atoms with Gasteiger partial charge >= 0.3 is 0 Å². The summed E-state index contributed by atoms with van der Waals surface area (Å²) in [5, 5.41) is 3.15. The average molecular weight is 239 g/mol. The van der Waals surface area contributed by atoms with Gasteiger partial charge in [-0.3, -0.25) is 0 Å². The SMILES string of the molecule is CCCC1CC2=CN=CNC2=Nc2ccccc21. The molecule has 18 heavy (non-hydrogen) atoms. The van der Waals surface area contributed by atoms with Crippen LogP contribution in [0.4, 0.5) is 5.69 Å². The van der Waals surface area contributed by atoms with E-state index in [1.807, 2.05) is 6.20 Å². The van der Waals surface area contributed by atoms with Crippen LogP contribution in [-0.2, 0) is 0 Å². The molecule has 1 unspecified atom stereocenters. The van der Waals surface area contributed by atoms with Gasteiger partial charge in [-0.25, -0.2) is 9.98 Å². The lowest BCUT2D eigenvalue weighted by molar-refractivity contribution is 0.617. The van der Waals surface area contributed by atoms with Crippen LogP contribution in [0.1, 0.15) is 37.7 Å². The van der Waals surface area contributed by atoms with Crippen molar-refractivity contribution in [2.75, 3.05) is 0 Å². The highest BCUT2D eigenvalue weighted by atomic mass is 15.0. The van der Waals surface area contributed by atoms with E-state index in [1.54, 1.807) is 6.34 Å². The molecule has 3 nitrogen and oxygen atoms in total. The highest BCUT2D eigenvalue weighted by molar-refractivity contribution is 6.07. The van der Waals surface area contributed by atoms with Crippen molar-refractivity contribution in [3.63, 3.8) is 0 Å². The Morgan fingerprint density at radius 1 is 1.33 bits per heavy atom. The van der Waals surface area contributed by atoms with Crippen LogP contribution in [-0.4, -0.2) is 12.2 Å². The van der Waals surface area contributed by atoms with E-state index < -0.39 is 0 Å². The zero-order chi connectivity index (χ0) is 12.4. The second-order valence-corrected chi connectivity index (χ2v) is 4.79. The third-order valence-corrected chi connectivity index (χ3v) is 3.52. The quantitative estimate of drug-likeness (QED) is 0.842. The molecule has 0 spiro atoms. The van der Waals surface area contributed by atoms with Crippen molar-refractivity contribution < 1.29 is 0 Å². The van der Waals surface area contributed by atoms with Crippen LogP contribution in [0.2, 0.25) is 0 Å². The van der Waals surface area contributed by atoms with E-state index >= 15 is 0 Å². The molecule has 0 radical (unpaired) electrons. The molecule has 92 valence electrons. The average Bonchev–Trinajstić information content (AvgIpc) is 2.56. The molecule has 0 amide bonds. The molecule has 2 aliphatic heterocycles. The lowest BCUT2D eigenvalue weighted by Crippen LogP contribution is -2.26. The molecule has 3 rings (SSSR count). The number of benzene rings is 1. The first-order valence-corrected chi connectivity index (χ1v) is 6.53. The Kier molecular flexibility index (Phi) is 2.97. The summed E-state index contributed by atoms with van der Waals surface area (Å²) in [6, 6.07) is 8.46. The normalized spacial score (nSPS) is 21.1. The first-order chi connectivity index (χ1) is 8.88. The van der Waals surface area contributed by atoms with Gasteiger partial charge in [0.05, 0.1) is 12.0 Å². The van der Waals surface area contributed by atoms with Crippen LogP contribution in [0, 0.1) is 0 Å². The summed E-state index contributed by atoms with van der Waals surface area (Å²) in [7, 11) is 0. The van der Waals surface area contributed by atoms with Gasteiger partial charge in [0.25, 0.3) is 0 Å². The Morgan fingerprint density at radius 2 is 2.22 bits per heavy atom. The number of amidine groups is 1. The first kappa shape index (κ1) is 11.2. The second-order valence-electron chi connectivity index (χ2n) is 4.79. The van der Waals surface area contributed by atoms with Gasteiger partial charge in [-0.05, 0) is 30.4 Å². The van der Waals surface area contributed by atoms with E-state index in [9.17, 15) is 0 Å². The van der Waals surface area contributed by atoms with Crippen LogP contribution in [0.25, 0.3) is 0 Å². The zero-order valence-corrected chi connectivity index (χ0v) is 10.6. The topological polar surface area (TPSA) is 36.8 Å². The monoisotopic (exact) mass is 239 g/mol. The summed E-state index contributed by atoms with van der Waals surface area (Å²) in [4.78, 5) is 8.92. The molecule has 1 aromatic rings. The number of para-hydroxylation sites is 1. The number of fused-ring (bicyclic) bond motifs is 2. The molecule has 2 heterocycles. The van der Waals surface area contributed by atoms with Crippen molar-refractivity contribution in [1.82, 2.24) is 5.32 Å². The summed E-state index contributed by atoms with van der Waals surface area (Å²) in [6.45, 7) is 2.24. The molecule has 0 saturated carbocycles. The first-order valence-electron chi connectivity index (χ1n) is 6.53. The Hall–Kier alpha value is -1.90. The summed E-state index contributed by atoms with van der Waals surface area (Å²) in [6.07, 6.45) is 7.04. The maximum Gasteiger partial charge on any atom is 0.136 e. The Labute approximate surface area is 107 Å². The van der Waals surface area contributed by atoms with Crippen molar-refractivity contribution >= 4 is 17.9 Å². The molecule has 1 N–H and O–H groups in total. The molecule has 1 aromatic carbocycles. The number of rotatable bonds is 2. The van der Waals surface area contributed by atoms with E-state index in [0.717, 1.165) is 17.9 Å². The second kappa shape index (κ2) is 4.77. The molecule has 3 heteroatoms. The molecule has 2 aliphatic rings. The van der Waals surface area contributed by atoms with E-state index in [2.05, 4.69) is 41.5 Å². The van der Waals surface area contributed by atoms with Crippen LogP contribution < -0.4 is 5.32 Å². The van der Waals surface area contributed by atoms with Gasteiger partial charge in [0.15, 0.2) is 0 Å². The van der Waals surface area contributed by atoms with Crippen molar-refractivity contribution in [1.29, 1.82) is 0 Å². The van der Waals surface area contributed by atoms with E-state index in [-0.39, 0.29) is 0 Å². The van der Waals surface area contributed by atoms with Crippen LogP contribution in [0.15, 0.2) is 46.0 Å². The molecule has 1 atom stereocenters. The van der Waals surface area contributed by atoms with Gasteiger partial charge in [-0.15, -0.1) is 0 Å². The maximum atomic E-state index is 4.74. The molecule has 0 aliphatic carbocycles. The van der Waals surface area contributed by atoms with Gasteiger partial charge in [0.1, 0.15) is 5.84 Å². The summed E-state index contributed by atoms with van der Waals surface area (Å²) in [5.41, 5.74) is 3.67. The summed E-state index contributed by atoms with van der Waals surface area (Å²) < 4.78 is 0. The Bertz CT molecular complexity index is 540. The number of hydrogen-bond acceptors (Lipinski definition) is 3. The smallest absolute Gasteiger partial charge is 0.136 e. The van der Waals surface area contributed by atoms with Gasteiger partial charge < -0.3 is 5.32 Å². The number of nitrogens with zero attached hydrogens (tertiary/aromatic N) is 2. The zero-order valence-electron chi connectivity index (χ0n) is 10.6. The minimum atomic E-state index is 0.550. The van der Waals surface area contributed by atoms with Crippen molar-refractivity contribution in [2.45, 2.75) is 32.1 Å². The van der Waals surface area contributed by atoms with Crippen molar-refractivity contribution in [2.24, 2.45) is 9.98 Å². The number of nitrogens with one attached hydrogen (secondary N) is 1. The fourth-order valence-corrected chi connectivity index (χ4v) is 2.67. The molecule has 0 aromatic heterocycles. The molecule has 0 bridgehead atoms. The minimum absolute atomic E-state index is 0.550. The molecule has 0 saturated heterocycles. The van der Waals surface area contributed by atoms with E-state index in [4.69, 9.17) is 4.99 Å². The Morgan fingerprint density at radius 3 is 3.11 bits per heavy atom. The molecular formula is C15H17N3. The number of hydrogen-bond donors (Lipinski definition) is 1. The van der Waals surface area contributed by atoms with Crippen LogP contribution in [0.3, 0.4) is 0 Å². The minimum Gasteiger partial charge on any atom is -0.331 e. The maximum absolute atomic E-state index is 4.74. The third kappa shape index (κ3) is 1.96. The van der Waals surface area contributed by atoms with Gasteiger partial charge in [0.2, 0.25) is 0 Å². The highest BCUT2D eigenvalue weighted by Gasteiger charge is 2.23. The standard InChI is InChI=1S/C15H17N3/c1-2-5-11-8-12-9-16-10-17-15(12)18-14-7-4-3-6-13(11)14/h3-4,6-7,9-11H,2,5,8H2,1H3,(H,16,17,18). The van der Waals surface area contributed by atoms with Crippen molar-refractivity contribution in [3.8, 4) is 0 Å². The number of aliphatic imine (C=N–C) groups is 2. The predicted octanol–water partition coefficient (Wildman–Crippen LogP) is 3.52. The van der Waals surface area contributed by atoms with Crippen LogP contribution >= 0.6 is 0 Å². The highest BCUT2D eigenvalue weighted by Crippen LogP contribution is 2.38. The van der Waals surface area contributed by atoms with E-state index in [0.29, 0.717) is 5.92 Å². The summed E-state index contributed by atoms with van der Waals surface area (Å²) >= 11 is 0. The fourth-order valence-electron chi connectivity index (χ4n) is 2.67. The van der Waals surface area contributed by atoms with Gasteiger partial charge in [0, 0.05) is 11.8 Å². The van der Waals surface area contributed by atoms with Gasteiger partial charge in [-0.1, -0.05) is 31.5 Å². The van der Waals surface area contributed by atoms with E-state index in [1.165, 1.54) is 24.0 Å². The third-order valence-electron chi connectivity index (χ3n) is 3.52. The predicted molar refractivity (Wildman–Crippen MR) is 75.5 cm³/mol. The lowest BCUT2D eigenvalue weighted by Gasteiger charge is -2.17. The lowest BCUT2D eigenvalue weighted by atomic mass is 9.88. The van der Waals surface area contributed by atoms with Gasteiger partial charge in [-0.2, -0.15) is 0 Å². The molecule has 0 fully saturated rings. The largest absolute Gasteiger partial charge is 0.331 e. The molecular weight excluding hydrogens is 222 g/mol. The summed E-state index contributed by atoms with van der Waals surface area (Å²) in [5.74, 6) is 1.50. The fraction of sp³-hybridized carbons (Fsp3) is 0.333. The Balaban J connectivity index is 2.07.